The predicted octanol–water partition coefficient (Wildman–Crippen LogP) is 3.09. The normalized spacial score (nSPS) is 10.7. The molecule has 84 valence electrons. The fourth-order valence-corrected chi connectivity index (χ4v) is 1.71. The Kier molecular flexibility index (Phi) is 3.40. The maximum atomic E-state index is 12.4. The van der Waals surface area contributed by atoms with Crippen LogP contribution < -0.4 is 5.32 Å². The molecule has 0 saturated carbocycles. The van der Waals surface area contributed by atoms with Gasteiger partial charge in [0.25, 0.3) is 6.43 Å². The van der Waals surface area contributed by atoms with Gasteiger partial charge in [-0.05, 0) is 11.6 Å². The Balaban J connectivity index is 2.01. The number of rotatable bonds is 4. The molecule has 0 unspecified atom stereocenters. The summed E-state index contributed by atoms with van der Waals surface area (Å²) in [5, 5.41) is 11.2. The van der Waals surface area contributed by atoms with E-state index in [9.17, 15) is 8.78 Å². The Morgan fingerprint density at radius 3 is 2.94 bits per heavy atom. The van der Waals surface area contributed by atoms with E-state index in [0.29, 0.717) is 11.7 Å². The van der Waals surface area contributed by atoms with Gasteiger partial charge in [0.15, 0.2) is 0 Å². The second-order valence-corrected chi connectivity index (χ2v) is 3.98. The Labute approximate surface area is 95.1 Å². The first kappa shape index (κ1) is 10.9. The molecule has 0 aliphatic rings. The molecule has 0 radical (unpaired) electrons. The van der Waals surface area contributed by atoms with Crippen molar-refractivity contribution in [1.29, 1.82) is 0 Å². The number of nitrogens with one attached hydrogen (secondary N) is 1. The van der Waals surface area contributed by atoms with E-state index in [1.807, 2.05) is 0 Å². The molecule has 0 aliphatic carbocycles. The van der Waals surface area contributed by atoms with Crippen LogP contribution in [0.3, 0.4) is 0 Å². The van der Waals surface area contributed by atoms with Crippen molar-refractivity contribution in [3.63, 3.8) is 0 Å². The number of nitrogens with zero attached hydrogens (tertiary/aromatic N) is 2. The van der Waals surface area contributed by atoms with Crippen molar-refractivity contribution in [2.75, 3.05) is 5.32 Å². The van der Waals surface area contributed by atoms with Gasteiger partial charge < -0.3 is 5.32 Å². The molecule has 1 aromatic carbocycles. The third kappa shape index (κ3) is 2.73. The van der Waals surface area contributed by atoms with E-state index in [0.717, 1.165) is 5.56 Å². The SMILES string of the molecule is FC(F)c1cccc(CNc2nncs2)c1. The Hall–Kier alpha value is -1.56. The lowest BCUT2D eigenvalue weighted by Gasteiger charge is -2.05. The zero-order valence-electron chi connectivity index (χ0n) is 8.23. The van der Waals surface area contributed by atoms with E-state index in [2.05, 4.69) is 15.5 Å². The highest BCUT2D eigenvalue weighted by atomic mass is 32.1. The van der Waals surface area contributed by atoms with Gasteiger partial charge in [0.2, 0.25) is 5.13 Å². The lowest BCUT2D eigenvalue weighted by molar-refractivity contribution is 0.151. The van der Waals surface area contributed by atoms with Crippen LogP contribution in [-0.4, -0.2) is 10.2 Å². The molecule has 0 fully saturated rings. The summed E-state index contributed by atoms with van der Waals surface area (Å²) in [7, 11) is 0. The second kappa shape index (κ2) is 4.98. The highest BCUT2D eigenvalue weighted by Crippen LogP contribution is 2.20. The van der Waals surface area contributed by atoms with Crippen LogP contribution in [-0.2, 0) is 6.54 Å². The summed E-state index contributed by atoms with van der Waals surface area (Å²) >= 11 is 1.37. The van der Waals surface area contributed by atoms with Crippen LogP contribution in [0.15, 0.2) is 29.8 Å². The van der Waals surface area contributed by atoms with Crippen LogP contribution in [0, 0.1) is 0 Å². The van der Waals surface area contributed by atoms with E-state index in [4.69, 9.17) is 0 Å². The quantitative estimate of drug-likeness (QED) is 0.893. The number of anilines is 1. The lowest BCUT2D eigenvalue weighted by Crippen LogP contribution is -1.99. The zero-order chi connectivity index (χ0) is 11.4. The highest BCUT2D eigenvalue weighted by molar-refractivity contribution is 7.13. The van der Waals surface area contributed by atoms with Crippen LogP contribution in [0.4, 0.5) is 13.9 Å². The van der Waals surface area contributed by atoms with Crippen molar-refractivity contribution in [3.05, 3.63) is 40.9 Å². The molecule has 3 nitrogen and oxygen atoms in total. The molecule has 0 amide bonds. The number of alkyl halides is 2. The summed E-state index contributed by atoms with van der Waals surface area (Å²) in [4.78, 5) is 0. The molecule has 2 rings (SSSR count). The van der Waals surface area contributed by atoms with Gasteiger partial charge in [0.05, 0.1) is 0 Å². The molecular weight excluding hydrogens is 232 g/mol. The molecule has 1 N–H and O–H groups in total. The second-order valence-electron chi connectivity index (χ2n) is 3.14. The molecule has 0 atom stereocenters. The first-order valence-electron chi connectivity index (χ1n) is 4.63. The van der Waals surface area contributed by atoms with Crippen LogP contribution in [0.2, 0.25) is 0 Å². The number of aromatic nitrogens is 2. The zero-order valence-corrected chi connectivity index (χ0v) is 9.05. The van der Waals surface area contributed by atoms with Crippen molar-refractivity contribution in [2.45, 2.75) is 13.0 Å². The van der Waals surface area contributed by atoms with Crippen LogP contribution in [0.1, 0.15) is 17.6 Å². The van der Waals surface area contributed by atoms with E-state index in [-0.39, 0.29) is 5.56 Å². The van der Waals surface area contributed by atoms with Gasteiger partial charge in [0.1, 0.15) is 5.51 Å². The fraction of sp³-hybridized carbons (Fsp3) is 0.200. The molecule has 0 saturated heterocycles. The molecule has 2 aromatic rings. The van der Waals surface area contributed by atoms with Gasteiger partial charge in [-0.2, -0.15) is 0 Å². The third-order valence-corrected chi connectivity index (χ3v) is 2.66. The summed E-state index contributed by atoms with van der Waals surface area (Å²) < 4.78 is 24.8. The van der Waals surface area contributed by atoms with Crippen molar-refractivity contribution in [1.82, 2.24) is 10.2 Å². The number of hydrogen-bond donors (Lipinski definition) is 1. The molecule has 0 bridgehead atoms. The van der Waals surface area contributed by atoms with Gasteiger partial charge in [-0.3, -0.25) is 0 Å². The molecule has 0 spiro atoms. The van der Waals surface area contributed by atoms with Gasteiger partial charge in [-0.1, -0.05) is 29.5 Å². The van der Waals surface area contributed by atoms with Crippen LogP contribution in [0.25, 0.3) is 0 Å². The summed E-state index contributed by atoms with van der Waals surface area (Å²) in [6.45, 7) is 0.468. The third-order valence-electron chi connectivity index (χ3n) is 2.01. The average molecular weight is 241 g/mol. The van der Waals surface area contributed by atoms with Crippen molar-refractivity contribution in [2.24, 2.45) is 0 Å². The first-order chi connectivity index (χ1) is 7.75. The summed E-state index contributed by atoms with van der Waals surface area (Å²) in [6, 6.07) is 6.32. The largest absolute Gasteiger partial charge is 0.356 e. The highest BCUT2D eigenvalue weighted by Gasteiger charge is 2.06. The Morgan fingerprint density at radius 1 is 1.38 bits per heavy atom. The van der Waals surface area contributed by atoms with Crippen molar-refractivity contribution < 1.29 is 8.78 Å². The molecule has 0 aliphatic heterocycles. The van der Waals surface area contributed by atoms with E-state index < -0.39 is 6.43 Å². The van der Waals surface area contributed by atoms with E-state index in [1.165, 1.54) is 23.5 Å². The Bertz CT molecular complexity index is 445. The molecule has 1 aromatic heterocycles. The molecular formula is C10H9F2N3S. The average Bonchev–Trinajstić information content (AvgIpc) is 2.79. The summed E-state index contributed by atoms with van der Waals surface area (Å²) in [6.07, 6.45) is -2.43. The van der Waals surface area contributed by atoms with E-state index in [1.54, 1.807) is 17.6 Å². The van der Waals surface area contributed by atoms with Gasteiger partial charge in [0, 0.05) is 12.1 Å². The summed E-state index contributed by atoms with van der Waals surface area (Å²) in [5.41, 5.74) is 2.45. The molecule has 6 heteroatoms. The minimum absolute atomic E-state index is 0.0385. The van der Waals surface area contributed by atoms with Crippen LogP contribution >= 0.6 is 11.3 Å². The minimum Gasteiger partial charge on any atom is -0.356 e. The smallest absolute Gasteiger partial charge is 0.263 e. The monoisotopic (exact) mass is 241 g/mol. The van der Waals surface area contributed by atoms with Crippen molar-refractivity contribution in [3.8, 4) is 0 Å². The van der Waals surface area contributed by atoms with Crippen LogP contribution in [0.5, 0.6) is 0 Å². The van der Waals surface area contributed by atoms with Crippen molar-refractivity contribution >= 4 is 16.5 Å². The number of hydrogen-bond acceptors (Lipinski definition) is 4. The maximum absolute atomic E-state index is 12.4. The van der Waals surface area contributed by atoms with E-state index >= 15 is 0 Å². The minimum atomic E-state index is -2.43. The van der Waals surface area contributed by atoms with Gasteiger partial charge in [-0.15, -0.1) is 10.2 Å². The summed E-state index contributed by atoms with van der Waals surface area (Å²) in [5.74, 6) is 0. The lowest BCUT2D eigenvalue weighted by atomic mass is 10.1. The number of halogens is 2. The van der Waals surface area contributed by atoms with Gasteiger partial charge in [-0.25, -0.2) is 8.78 Å². The maximum Gasteiger partial charge on any atom is 0.263 e. The topological polar surface area (TPSA) is 37.8 Å². The molecule has 1 heterocycles. The Morgan fingerprint density at radius 2 is 2.25 bits per heavy atom. The molecule has 16 heavy (non-hydrogen) atoms. The number of benzene rings is 1. The predicted molar refractivity (Wildman–Crippen MR) is 58.6 cm³/mol. The first-order valence-corrected chi connectivity index (χ1v) is 5.50. The van der Waals surface area contributed by atoms with Gasteiger partial charge >= 0.3 is 0 Å². The fourth-order valence-electron chi connectivity index (χ4n) is 1.27. The standard InChI is InChI=1S/C10H9F2N3S/c11-9(12)8-3-1-2-7(4-8)5-13-10-15-14-6-16-10/h1-4,6,9H,5H2,(H,13,15).